The van der Waals surface area contributed by atoms with E-state index in [1.807, 2.05) is 12.1 Å². The lowest BCUT2D eigenvalue weighted by atomic mass is 9.87. The highest BCUT2D eigenvalue weighted by Gasteiger charge is 2.17. The highest BCUT2D eigenvalue weighted by atomic mass is 16.5. The molecule has 2 N–H and O–H groups in total. The molecule has 0 atom stereocenters. The number of hydrogen-bond acceptors (Lipinski definition) is 8. The Labute approximate surface area is 202 Å². The van der Waals surface area contributed by atoms with E-state index in [2.05, 4.69) is 40.9 Å². The predicted molar refractivity (Wildman–Crippen MR) is 126 cm³/mol. The Morgan fingerprint density at radius 2 is 1.34 bits per heavy atom. The van der Waals surface area contributed by atoms with Crippen molar-refractivity contribution in [2.75, 3.05) is 32.7 Å². The van der Waals surface area contributed by atoms with Gasteiger partial charge in [0, 0.05) is 11.3 Å². The number of nitrogens with one attached hydrogen (secondary N) is 2. The second-order valence-electron chi connectivity index (χ2n) is 8.50. The van der Waals surface area contributed by atoms with Gasteiger partial charge in [-0.3, -0.25) is 14.4 Å². The first-order valence-corrected chi connectivity index (χ1v) is 10.6. The Kier molecular flexibility index (Phi) is 9.10. The fraction of sp³-hybridized carbons (Fsp3) is 0.320. The zero-order valence-electron chi connectivity index (χ0n) is 20.2. The van der Waals surface area contributed by atoms with Crippen molar-refractivity contribution >= 4 is 35.4 Å². The molecule has 0 saturated heterocycles. The van der Waals surface area contributed by atoms with Gasteiger partial charge in [-0.05, 0) is 41.3 Å². The molecule has 2 amide bonds. The van der Waals surface area contributed by atoms with Gasteiger partial charge in [0.2, 0.25) is 0 Å². The van der Waals surface area contributed by atoms with Gasteiger partial charge >= 0.3 is 17.9 Å². The summed E-state index contributed by atoms with van der Waals surface area (Å²) in [5, 5.41) is 4.86. The van der Waals surface area contributed by atoms with Crippen molar-refractivity contribution in [1.82, 2.24) is 5.32 Å². The van der Waals surface area contributed by atoms with Crippen molar-refractivity contribution in [2.24, 2.45) is 0 Å². The highest BCUT2D eigenvalue weighted by Crippen LogP contribution is 2.22. The van der Waals surface area contributed by atoms with Crippen LogP contribution >= 0.6 is 0 Å². The second kappa shape index (κ2) is 11.8. The molecule has 0 heterocycles. The van der Waals surface area contributed by atoms with Gasteiger partial charge in [-0.25, -0.2) is 9.59 Å². The Balaban J connectivity index is 1.90. The summed E-state index contributed by atoms with van der Waals surface area (Å²) in [6.07, 6.45) is 0. The van der Waals surface area contributed by atoms with Gasteiger partial charge in [-0.15, -0.1) is 0 Å². The fourth-order valence-corrected chi connectivity index (χ4v) is 2.94. The minimum absolute atomic E-state index is 0.0148. The van der Waals surface area contributed by atoms with E-state index in [4.69, 9.17) is 4.74 Å². The third-order valence-corrected chi connectivity index (χ3v) is 4.83. The molecule has 2 aromatic rings. The minimum Gasteiger partial charge on any atom is -0.465 e. The lowest BCUT2D eigenvalue weighted by Gasteiger charge is -2.19. The van der Waals surface area contributed by atoms with E-state index < -0.39 is 42.9 Å². The number of hydrogen-bond donors (Lipinski definition) is 2. The van der Waals surface area contributed by atoms with Crippen LogP contribution in [0.5, 0.6) is 0 Å². The molecule has 0 radical (unpaired) electrons. The maximum atomic E-state index is 12.2. The van der Waals surface area contributed by atoms with E-state index in [0.717, 1.165) is 5.56 Å². The van der Waals surface area contributed by atoms with Crippen LogP contribution in [0.2, 0.25) is 0 Å². The molecular formula is C25H28N2O8. The first kappa shape index (κ1) is 27.0. The van der Waals surface area contributed by atoms with Gasteiger partial charge in [0.05, 0.1) is 25.3 Å². The van der Waals surface area contributed by atoms with Crippen molar-refractivity contribution in [2.45, 2.75) is 26.2 Å². The Hall–Kier alpha value is -4.21. The minimum atomic E-state index is -0.821. The molecule has 0 aliphatic rings. The van der Waals surface area contributed by atoms with Crippen LogP contribution in [-0.2, 0) is 29.2 Å². The summed E-state index contributed by atoms with van der Waals surface area (Å²) in [5.74, 6) is -3.44. The third-order valence-electron chi connectivity index (χ3n) is 4.83. The number of esters is 3. The summed E-state index contributed by atoms with van der Waals surface area (Å²) in [6, 6.07) is 10.9. The number of ether oxygens (including phenoxy) is 3. The topological polar surface area (TPSA) is 137 Å². The molecule has 0 fully saturated rings. The van der Waals surface area contributed by atoms with Gasteiger partial charge < -0.3 is 24.8 Å². The standard InChI is InChI=1S/C25H28N2O8/c1-25(2,3)18-8-6-15(7-9-18)22(30)26-13-21(29)35-14-20(28)27-19-11-16(23(31)33-4)10-17(12-19)24(32)34-5/h6-12H,13-14H2,1-5H3,(H,26,30)(H,27,28). The summed E-state index contributed by atoms with van der Waals surface area (Å²) in [4.78, 5) is 60.0. The first-order chi connectivity index (χ1) is 16.4. The summed E-state index contributed by atoms with van der Waals surface area (Å²) in [5.41, 5.74) is 1.52. The fourth-order valence-electron chi connectivity index (χ4n) is 2.94. The summed E-state index contributed by atoms with van der Waals surface area (Å²) < 4.78 is 14.1. The van der Waals surface area contributed by atoms with Crippen molar-refractivity contribution in [3.05, 3.63) is 64.7 Å². The maximum absolute atomic E-state index is 12.2. The molecule has 186 valence electrons. The van der Waals surface area contributed by atoms with E-state index in [1.54, 1.807) is 12.1 Å². The van der Waals surface area contributed by atoms with E-state index in [0.29, 0.717) is 5.56 Å². The molecule has 2 aromatic carbocycles. The normalized spacial score (nSPS) is 10.7. The average molecular weight is 485 g/mol. The van der Waals surface area contributed by atoms with E-state index in [-0.39, 0.29) is 22.2 Å². The number of anilines is 1. The van der Waals surface area contributed by atoms with Crippen LogP contribution < -0.4 is 10.6 Å². The number of rotatable bonds is 8. The van der Waals surface area contributed by atoms with E-state index in [1.165, 1.54) is 32.4 Å². The molecule has 10 heteroatoms. The maximum Gasteiger partial charge on any atom is 0.337 e. The molecule has 0 saturated carbocycles. The SMILES string of the molecule is COC(=O)c1cc(NC(=O)COC(=O)CNC(=O)c2ccc(C(C)(C)C)cc2)cc(C(=O)OC)c1. The largest absolute Gasteiger partial charge is 0.465 e. The molecule has 0 aromatic heterocycles. The molecule has 0 bridgehead atoms. The van der Waals surface area contributed by atoms with Crippen LogP contribution in [0.1, 0.15) is 57.4 Å². The van der Waals surface area contributed by atoms with Crippen LogP contribution in [0.15, 0.2) is 42.5 Å². The monoisotopic (exact) mass is 484 g/mol. The number of carbonyl (C=O) groups is 5. The Morgan fingerprint density at radius 3 is 1.83 bits per heavy atom. The van der Waals surface area contributed by atoms with Crippen molar-refractivity contribution in [3.63, 3.8) is 0 Å². The molecule has 35 heavy (non-hydrogen) atoms. The Morgan fingerprint density at radius 1 is 0.800 bits per heavy atom. The summed E-state index contributed by atoms with van der Waals surface area (Å²) >= 11 is 0. The first-order valence-electron chi connectivity index (χ1n) is 10.6. The van der Waals surface area contributed by atoms with Gasteiger partial charge in [0.25, 0.3) is 11.8 Å². The molecule has 10 nitrogen and oxygen atoms in total. The lowest BCUT2D eigenvalue weighted by Crippen LogP contribution is -2.32. The number of benzene rings is 2. The summed E-state index contributed by atoms with van der Waals surface area (Å²) in [6.45, 7) is 5.09. The predicted octanol–water partition coefficient (Wildman–Crippen LogP) is 2.47. The van der Waals surface area contributed by atoms with E-state index >= 15 is 0 Å². The highest BCUT2D eigenvalue weighted by molar-refractivity contribution is 6.00. The molecule has 0 spiro atoms. The van der Waals surface area contributed by atoms with Crippen LogP contribution in [-0.4, -0.2) is 57.1 Å². The van der Waals surface area contributed by atoms with Gasteiger partial charge in [-0.1, -0.05) is 32.9 Å². The molecule has 0 aliphatic heterocycles. The molecule has 2 rings (SSSR count). The smallest absolute Gasteiger partial charge is 0.337 e. The van der Waals surface area contributed by atoms with Gasteiger partial charge in [0.1, 0.15) is 6.54 Å². The average Bonchev–Trinajstić information content (AvgIpc) is 2.84. The van der Waals surface area contributed by atoms with Crippen molar-refractivity contribution in [1.29, 1.82) is 0 Å². The quantitative estimate of drug-likeness (QED) is 0.431. The molecule has 0 aliphatic carbocycles. The van der Waals surface area contributed by atoms with Crippen LogP contribution in [0.3, 0.4) is 0 Å². The lowest BCUT2D eigenvalue weighted by molar-refractivity contribution is -0.146. The zero-order chi connectivity index (χ0) is 26.2. The van der Waals surface area contributed by atoms with Crippen LogP contribution in [0.25, 0.3) is 0 Å². The molecular weight excluding hydrogens is 456 g/mol. The Bertz CT molecular complexity index is 1080. The zero-order valence-corrected chi connectivity index (χ0v) is 20.2. The number of carbonyl (C=O) groups excluding carboxylic acids is 5. The van der Waals surface area contributed by atoms with Crippen molar-refractivity contribution in [3.8, 4) is 0 Å². The van der Waals surface area contributed by atoms with Crippen LogP contribution in [0, 0.1) is 0 Å². The summed E-state index contributed by atoms with van der Waals surface area (Å²) in [7, 11) is 2.34. The van der Waals surface area contributed by atoms with E-state index in [9.17, 15) is 24.0 Å². The van der Waals surface area contributed by atoms with Crippen LogP contribution in [0.4, 0.5) is 5.69 Å². The van der Waals surface area contributed by atoms with Gasteiger partial charge in [0.15, 0.2) is 6.61 Å². The van der Waals surface area contributed by atoms with Gasteiger partial charge in [-0.2, -0.15) is 0 Å². The second-order valence-corrected chi connectivity index (χ2v) is 8.50. The number of amides is 2. The third kappa shape index (κ3) is 7.95. The van der Waals surface area contributed by atoms with Crippen molar-refractivity contribution < 1.29 is 38.2 Å². The molecule has 0 unspecified atom stereocenters. The number of methoxy groups -OCH3 is 2.